The van der Waals surface area contributed by atoms with Gasteiger partial charge in [-0.2, -0.15) is 0 Å². The lowest BCUT2D eigenvalue weighted by Crippen LogP contribution is -2.36. The fraction of sp³-hybridized carbons (Fsp3) is 0.867. The normalized spacial score (nSPS) is 41.2. The summed E-state index contributed by atoms with van der Waals surface area (Å²) in [6, 6.07) is 0.692. The molecule has 2 nitrogen and oxygen atoms in total. The molecule has 0 radical (unpaired) electrons. The largest absolute Gasteiger partial charge is 0.381 e. The van der Waals surface area contributed by atoms with Crippen LogP contribution in [0.15, 0.2) is 12.2 Å². The lowest BCUT2D eigenvalue weighted by atomic mass is 9.87. The Morgan fingerprint density at radius 3 is 2.94 bits per heavy atom. The Labute approximate surface area is 105 Å². The van der Waals surface area contributed by atoms with Crippen molar-refractivity contribution >= 4 is 0 Å². The van der Waals surface area contributed by atoms with E-state index in [1.165, 1.54) is 32.2 Å². The molecule has 3 aliphatic rings. The Kier molecular flexibility index (Phi) is 3.53. The van der Waals surface area contributed by atoms with Crippen LogP contribution in [0, 0.1) is 23.7 Å². The second-order valence-electron chi connectivity index (χ2n) is 6.21. The minimum atomic E-state index is 0.692. The van der Waals surface area contributed by atoms with Gasteiger partial charge in [-0.15, -0.1) is 0 Å². The minimum absolute atomic E-state index is 0.692. The van der Waals surface area contributed by atoms with E-state index in [-0.39, 0.29) is 0 Å². The Bertz CT molecular complexity index is 283. The molecule has 0 aromatic carbocycles. The van der Waals surface area contributed by atoms with Crippen molar-refractivity contribution in [2.75, 3.05) is 19.8 Å². The van der Waals surface area contributed by atoms with Crippen LogP contribution in [-0.4, -0.2) is 25.8 Å². The first-order chi connectivity index (χ1) is 8.33. The number of hydrogen-bond donors (Lipinski definition) is 1. The van der Waals surface area contributed by atoms with Crippen molar-refractivity contribution in [1.82, 2.24) is 5.32 Å². The van der Waals surface area contributed by atoms with Crippen LogP contribution in [0.25, 0.3) is 0 Å². The summed E-state index contributed by atoms with van der Waals surface area (Å²) in [7, 11) is 0. The molecule has 0 amide bonds. The highest BCUT2D eigenvalue weighted by molar-refractivity contribution is 5.11. The Balaban J connectivity index is 1.38. The first-order valence-corrected chi connectivity index (χ1v) is 7.32. The highest BCUT2D eigenvalue weighted by atomic mass is 16.5. The fourth-order valence-electron chi connectivity index (χ4n) is 3.88. The number of rotatable bonds is 5. The van der Waals surface area contributed by atoms with Gasteiger partial charge in [0, 0.05) is 19.3 Å². The Morgan fingerprint density at radius 1 is 1.35 bits per heavy atom. The smallest absolute Gasteiger partial charge is 0.0495 e. The summed E-state index contributed by atoms with van der Waals surface area (Å²) in [4.78, 5) is 0. The maximum absolute atomic E-state index is 5.42. The zero-order valence-corrected chi connectivity index (χ0v) is 10.9. The predicted octanol–water partition coefficient (Wildman–Crippen LogP) is 2.60. The molecule has 3 rings (SSSR count). The number of hydrogen-bond acceptors (Lipinski definition) is 2. The van der Waals surface area contributed by atoms with Crippen LogP contribution in [0.2, 0.25) is 0 Å². The van der Waals surface area contributed by atoms with Gasteiger partial charge in [-0.3, -0.25) is 0 Å². The summed E-state index contributed by atoms with van der Waals surface area (Å²) in [6.07, 6.45) is 10.3. The Hall–Kier alpha value is -0.340. The summed E-state index contributed by atoms with van der Waals surface area (Å²) in [5.41, 5.74) is 0. The molecule has 0 aromatic heterocycles. The summed E-state index contributed by atoms with van der Waals surface area (Å²) in [5.74, 6) is 3.48. The molecule has 0 aromatic rings. The highest BCUT2D eigenvalue weighted by Gasteiger charge is 2.38. The molecule has 1 saturated carbocycles. The predicted molar refractivity (Wildman–Crippen MR) is 69.9 cm³/mol. The van der Waals surface area contributed by atoms with Gasteiger partial charge < -0.3 is 10.1 Å². The van der Waals surface area contributed by atoms with Crippen LogP contribution in [0.5, 0.6) is 0 Å². The first-order valence-electron chi connectivity index (χ1n) is 7.32. The van der Waals surface area contributed by atoms with Crippen molar-refractivity contribution in [2.45, 2.75) is 38.6 Å². The van der Waals surface area contributed by atoms with Gasteiger partial charge in [0.25, 0.3) is 0 Å². The summed E-state index contributed by atoms with van der Waals surface area (Å²) >= 11 is 0. The van der Waals surface area contributed by atoms with Crippen molar-refractivity contribution in [3.63, 3.8) is 0 Å². The maximum Gasteiger partial charge on any atom is 0.0495 e. The average molecular weight is 235 g/mol. The van der Waals surface area contributed by atoms with Crippen LogP contribution in [0.3, 0.4) is 0 Å². The van der Waals surface area contributed by atoms with E-state index in [0.29, 0.717) is 6.04 Å². The van der Waals surface area contributed by atoms with Crippen LogP contribution in [-0.2, 0) is 4.74 Å². The van der Waals surface area contributed by atoms with Crippen LogP contribution >= 0.6 is 0 Å². The van der Waals surface area contributed by atoms with Crippen LogP contribution < -0.4 is 5.32 Å². The third-order valence-electron chi connectivity index (χ3n) is 5.02. The lowest BCUT2D eigenvalue weighted by molar-refractivity contribution is 0.183. The van der Waals surface area contributed by atoms with Gasteiger partial charge in [-0.1, -0.05) is 12.2 Å². The quantitative estimate of drug-likeness (QED) is 0.740. The lowest BCUT2D eigenvalue weighted by Gasteiger charge is -2.26. The van der Waals surface area contributed by atoms with Crippen LogP contribution in [0.1, 0.15) is 32.6 Å². The van der Waals surface area contributed by atoms with Gasteiger partial charge in [0.15, 0.2) is 0 Å². The standard InChI is InChI=1S/C15H25NO/c1-11(15-9-13-2-3-14(15)8-13)16-6-4-12-5-7-17-10-12/h2-3,11-16H,4-10H2,1H3. The van der Waals surface area contributed by atoms with Gasteiger partial charge in [0.1, 0.15) is 0 Å². The van der Waals surface area contributed by atoms with Crippen molar-refractivity contribution in [3.8, 4) is 0 Å². The van der Waals surface area contributed by atoms with Crippen molar-refractivity contribution in [1.29, 1.82) is 0 Å². The fourth-order valence-corrected chi connectivity index (χ4v) is 3.88. The first kappa shape index (κ1) is 11.7. The maximum atomic E-state index is 5.42. The van der Waals surface area contributed by atoms with E-state index in [1.807, 2.05) is 0 Å². The van der Waals surface area contributed by atoms with E-state index in [9.17, 15) is 0 Å². The molecule has 17 heavy (non-hydrogen) atoms. The van der Waals surface area contributed by atoms with Gasteiger partial charge in [0.05, 0.1) is 0 Å². The molecule has 2 fully saturated rings. The zero-order valence-electron chi connectivity index (χ0n) is 10.9. The van der Waals surface area contributed by atoms with Gasteiger partial charge >= 0.3 is 0 Å². The zero-order chi connectivity index (χ0) is 11.7. The van der Waals surface area contributed by atoms with E-state index in [0.717, 1.165) is 36.9 Å². The van der Waals surface area contributed by atoms with Gasteiger partial charge in [0.2, 0.25) is 0 Å². The molecule has 5 unspecified atom stereocenters. The van der Waals surface area contributed by atoms with E-state index in [2.05, 4.69) is 24.4 Å². The minimum Gasteiger partial charge on any atom is -0.381 e. The van der Waals surface area contributed by atoms with Gasteiger partial charge in [-0.05, 0) is 62.8 Å². The summed E-state index contributed by atoms with van der Waals surface area (Å²) in [5, 5.41) is 3.75. The number of fused-ring (bicyclic) bond motifs is 2. The summed E-state index contributed by atoms with van der Waals surface area (Å²) < 4.78 is 5.42. The molecule has 1 saturated heterocycles. The van der Waals surface area contributed by atoms with Crippen molar-refractivity contribution in [2.24, 2.45) is 23.7 Å². The molecular formula is C15H25NO. The second kappa shape index (κ2) is 5.11. The van der Waals surface area contributed by atoms with E-state index in [1.54, 1.807) is 0 Å². The topological polar surface area (TPSA) is 21.3 Å². The molecule has 0 spiro atoms. The average Bonchev–Trinajstić information content (AvgIpc) is 3.05. The molecule has 2 heteroatoms. The number of allylic oxidation sites excluding steroid dienone is 2. The second-order valence-corrected chi connectivity index (χ2v) is 6.21. The molecule has 1 N–H and O–H groups in total. The number of ether oxygens (including phenoxy) is 1. The monoisotopic (exact) mass is 235 g/mol. The van der Waals surface area contributed by atoms with Gasteiger partial charge in [-0.25, -0.2) is 0 Å². The summed E-state index contributed by atoms with van der Waals surface area (Å²) in [6.45, 7) is 5.53. The molecule has 1 heterocycles. The molecule has 96 valence electrons. The SMILES string of the molecule is CC(NCCC1CCOC1)C1CC2C=CC1C2. The van der Waals surface area contributed by atoms with Crippen molar-refractivity contribution < 1.29 is 4.74 Å². The highest BCUT2D eigenvalue weighted by Crippen LogP contribution is 2.44. The molecule has 2 bridgehead atoms. The molecule has 5 atom stereocenters. The van der Waals surface area contributed by atoms with E-state index >= 15 is 0 Å². The number of nitrogens with one attached hydrogen (secondary N) is 1. The van der Waals surface area contributed by atoms with E-state index < -0.39 is 0 Å². The third kappa shape index (κ3) is 2.58. The third-order valence-corrected chi connectivity index (χ3v) is 5.02. The molecule has 1 aliphatic heterocycles. The van der Waals surface area contributed by atoms with Crippen molar-refractivity contribution in [3.05, 3.63) is 12.2 Å². The van der Waals surface area contributed by atoms with Crippen LogP contribution in [0.4, 0.5) is 0 Å². The van der Waals surface area contributed by atoms with E-state index in [4.69, 9.17) is 4.74 Å². The molecular weight excluding hydrogens is 210 g/mol. The molecule has 2 aliphatic carbocycles. The Morgan fingerprint density at radius 2 is 2.29 bits per heavy atom.